The second-order valence-corrected chi connectivity index (χ2v) is 5.64. The van der Waals surface area contributed by atoms with Crippen LogP contribution in [0.25, 0.3) is 5.57 Å². The smallest absolute Gasteiger partial charge is 0.168 e. The van der Waals surface area contributed by atoms with Gasteiger partial charge in [0.15, 0.2) is 5.78 Å². The van der Waals surface area contributed by atoms with E-state index in [0.717, 1.165) is 33.2 Å². The van der Waals surface area contributed by atoms with E-state index >= 15 is 0 Å². The lowest BCUT2D eigenvalue weighted by Gasteiger charge is -2.08. The van der Waals surface area contributed by atoms with E-state index in [1.54, 1.807) is 0 Å². The number of rotatable bonds is 1. The molecule has 3 rings (SSSR count). The first kappa shape index (κ1) is 11.7. The van der Waals surface area contributed by atoms with Crippen LogP contribution in [0.3, 0.4) is 0 Å². The maximum Gasteiger partial charge on any atom is 0.168 e. The summed E-state index contributed by atoms with van der Waals surface area (Å²) in [5, 5.41) is 0. The second-order valence-electron chi connectivity index (χ2n) is 4.73. The molecular weight excluding hydrogens is 288 g/mol. The van der Waals surface area contributed by atoms with Gasteiger partial charge in [0.2, 0.25) is 0 Å². The number of halogens is 1. The van der Waals surface area contributed by atoms with E-state index in [9.17, 15) is 4.79 Å². The Labute approximate surface area is 115 Å². The number of allylic oxidation sites excluding steroid dienone is 6. The predicted molar refractivity (Wildman–Crippen MR) is 77.3 cm³/mol. The fraction of sp³-hybridized carbons (Fsp3) is 0.188. The van der Waals surface area contributed by atoms with Gasteiger partial charge >= 0.3 is 0 Å². The maximum absolute atomic E-state index is 12.2. The van der Waals surface area contributed by atoms with Gasteiger partial charge in [0.1, 0.15) is 0 Å². The molecule has 1 aromatic rings. The average molecular weight is 301 g/mol. The Balaban J connectivity index is 2.16. The lowest BCUT2D eigenvalue weighted by Crippen LogP contribution is -1.98. The fourth-order valence-electron chi connectivity index (χ4n) is 2.64. The van der Waals surface area contributed by atoms with Gasteiger partial charge in [-0.15, -0.1) is 0 Å². The SMILES string of the molecule is C/C(C1=CC=CC1)=C1/C(=O)Cc2ccc(Br)cc21. The third-order valence-corrected chi connectivity index (χ3v) is 4.09. The molecule has 2 aliphatic carbocycles. The van der Waals surface area contributed by atoms with Crippen molar-refractivity contribution in [2.24, 2.45) is 0 Å². The average Bonchev–Trinajstić information content (AvgIpc) is 2.94. The number of Topliss-reactive ketones (excluding diaryl/α,β-unsaturated/α-hetero) is 1. The summed E-state index contributed by atoms with van der Waals surface area (Å²) >= 11 is 3.48. The molecule has 0 amide bonds. The molecule has 2 aliphatic rings. The molecule has 90 valence electrons. The highest BCUT2D eigenvalue weighted by molar-refractivity contribution is 9.10. The van der Waals surface area contributed by atoms with Crippen LogP contribution >= 0.6 is 15.9 Å². The Morgan fingerprint density at radius 2 is 2.17 bits per heavy atom. The van der Waals surface area contributed by atoms with Crippen LogP contribution in [0.15, 0.2) is 52.0 Å². The van der Waals surface area contributed by atoms with Gasteiger partial charge in [-0.05, 0) is 47.8 Å². The largest absolute Gasteiger partial charge is 0.294 e. The van der Waals surface area contributed by atoms with Crippen molar-refractivity contribution < 1.29 is 4.79 Å². The summed E-state index contributed by atoms with van der Waals surface area (Å²) in [4.78, 5) is 12.2. The van der Waals surface area contributed by atoms with Crippen molar-refractivity contribution in [2.75, 3.05) is 0 Å². The van der Waals surface area contributed by atoms with E-state index < -0.39 is 0 Å². The molecule has 0 radical (unpaired) electrons. The zero-order chi connectivity index (χ0) is 12.7. The first-order valence-corrected chi connectivity index (χ1v) is 6.85. The van der Waals surface area contributed by atoms with Crippen LogP contribution in [-0.2, 0) is 11.2 Å². The van der Waals surface area contributed by atoms with Crippen molar-refractivity contribution in [1.29, 1.82) is 0 Å². The van der Waals surface area contributed by atoms with E-state index in [4.69, 9.17) is 0 Å². The minimum atomic E-state index is 0.244. The van der Waals surface area contributed by atoms with Crippen molar-refractivity contribution in [2.45, 2.75) is 19.8 Å². The number of fused-ring (bicyclic) bond motifs is 1. The molecule has 0 fully saturated rings. The summed E-state index contributed by atoms with van der Waals surface area (Å²) in [6, 6.07) is 6.10. The van der Waals surface area contributed by atoms with Crippen LogP contribution < -0.4 is 0 Å². The normalized spacial score (nSPS) is 20.1. The monoisotopic (exact) mass is 300 g/mol. The van der Waals surface area contributed by atoms with Gasteiger partial charge in [-0.2, -0.15) is 0 Å². The summed E-state index contributed by atoms with van der Waals surface area (Å²) in [6.45, 7) is 2.06. The summed E-state index contributed by atoms with van der Waals surface area (Å²) in [5.74, 6) is 0.244. The molecule has 0 saturated heterocycles. The summed E-state index contributed by atoms with van der Waals surface area (Å²) < 4.78 is 1.03. The van der Waals surface area contributed by atoms with E-state index in [-0.39, 0.29) is 5.78 Å². The molecule has 0 saturated carbocycles. The minimum absolute atomic E-state index is 0.244. The van der Waals surface area contributed by atoms with Gasteiger partial charge in [0.25, 0.3) is 0 Å². The van der Waals surface area contributed by atoms with E-state index in [1.165, 1.54) is 5.57 Å². The lowest BCUT2D eigenvalue weighted by atomic mass is 9.96. The number of hydrogen-bond donors (Lipinski definition) is 0. The van der Waals surface area contributed by atoms with Crippen LogP contribution in [0.1, 0.15) is 24.5 Å². The number of carbonyl (C=O) groups excluding carboxylic acids is 1. The third-order valence-electron chi connectivity index (χ3n) is 3.60. The van der Waals surface area contributed by atoms with E-state index in [1.807, 2.05) is 12.1 Å². The molecule has 1 aromatic carbocycles. The topological polar surface area (TPSA) is 17.1 Å². The Morgan fingerprint density at radius 3 is 2.89 bits per heavy atom. The van der Waals surface area contributed by atoms with E-state index in [2.05, 4.69) is 47.1 Å². The van der Waals surface area contributed by atoms with Crippen molar-refractivity contribution in [3.05, 3.63) is 63.2 Å². The molecule has 0 aromatic heterocycles. The van der Waals surface area contributed by atoms with Crippen LogP contribution in [-0.4, -0.2) is 5.78 Å². The highest BCUT2D eigenvalue weighted by Gasteiger charge is 2.27. The Morgan fingerprint density at radius 1 is 1.33 bits per heavy atom. The molecule has 0 unspecified atom stereocenters. The molecule has 18 heavy (non-hydrogen) atoms. The van der Waals surface area contributed by atoms with Gasteiger partial charge in [0, 0.05) is 16.5 Å². The molecule has 0 bridgehead atoms. The number of carbonyl (C=O) groups is 1. The molecule has 0 N–H and O–H groups in total. The number of ketones is 1. The van der Waals surface area contributed by atoms with Crippen LogP contribution in [0.2, 0.25) is 0 Å². The van der Waals surface area contributed by atoms with Crippen LogP contribution in [0.4, 0.5) is 0 Å². The second kappa shape index (κ2) is 4.36. The highest BCUT2D eigenvalue weighted by Crippen LogP contribution is 2.37. The fourth-order valence-corrected chi connectivity index (χ4v) is 3.01. The zero-order valence-corrected chi connectivity index (χ0v) is 11.8. The van der Waals surface area contributed by atoms with Crippen molar-refractivity contribution in [3.8, 4) is 0 Å². The van der Waals surface area contributed by atoms with Gasteiger partial charge in [-0.1, -0.05) is 40.2 Å². The summed E-state index contributed by atoms with van der Waals surface area (Å²) in [7, 11) is 0. The summed E-state index contributed by atoms with van der Waals surface area (Å²) in [6.07, 6.45) is 7.76. The first-order chi connectivity index (χ1) is 8.66. The summed E-state index contributed by atoms with van der Waals surface area (Å²) in [5.41, 5.74) is 5.53. The quantitative estimate of drug-likeness (QED) is 0.709. The first-order valence-electron chi connectivity index (χ1n) is 6.06. The molecule has 2 heteroatoms. The van der Waals surface area contributed by atoms with Crippen LogP contribution in [0.5, 0.6) is 0 Å². The number of benzene rings is 1. The van der Waals surface area contributed by atoms with Gasteiger partial charge in [-0.3, -0.25) is 4.79 Å². The van der Waals surface area contributed by atoms with Gasteiger partial charge in [-0.25, -0.2) is 0 Å². The van der Waals surface area contributed by atoms with Crippen molar-refractivity contribution in [1.82, 2.24) is 0 Å². The van der Waals surface area contributed by atoms with Crippen molar-refractivity contribution in [3.63, 3.8) is 0 Å². The molecule has 1 nitrogen and oxygen atoms in total. The van der Waals surface area contributed by atoms with Crippen molar-refractivity contribution >= 4 is 27.3 Å². The molecule has 0 spiro atoms. The maximum atomic E-state index is 12.2. The lowest BCUT2D eigenvalue weighted by molar-refractivity contribution is -0.112. The predicted octanol–water partition coefficient (Wildman–Crippen LogP) is 4.23. The molecule has 0 heterocycles. The Hall–Kier alpha value is -1.41. The standard InChI is InChI=1S/C16H13BrO/c1-10(11-4-2-3-5-11)16-14-9-13(17)7-6-12(14)8-15(16)18/h2-4,6-7,9H,5,8H2,1H3/b16-10-. The molecular formula is C16H13BrO. The highest BCUT2D eigenvalue weighted by atomic mass is 79.9. The van der Waals surface area contributed by atoms with Crippen LogP contribution in [0, 0.1) is 0 Å². The zero-order valence-electron chi connectivity index (χ0n) is 10.2. The molecule has 0 atom stereocenters. The Bertz CT molecular complexity index is 632. The Kier molecular flexibility index (Phi) is 2.83. The van der Waals surface area contributed by atoms with Gasteiger partial charge in [0.05, 0.1) is 0 Å². The third kappa shape index (κ3) is 1.81. The van der Waals surface area contributed by atoms with E-state index in [0.29, 0.717) is 6.42 Å². The molecule has 0 aliphatic heterocycles. The minimum Gasteiger partial charge on any atom is -0.294 e. The number of hydrogen-bond acceptors (Lipinski definition) is 1. The van der Waals surface area contributed by atoms with Gasteiger partial charge < -0.3 is 0 Å².